The van der Waals surface area contributed by atoms with Crippen LogP contribution in [0, 0.1) is 0 Å². The fraction of sp³-hybridized carbons (Fsp3) is 0.208. The zero-order chi connectivity index (χ0) is 22.3. The van der Waals surface area contributed by atoms with E-state index in [0.717, 1.165) is 21.7 Å². The zero-order valence-electron chi connectivity index (χ0n) is 17.4. The van der Waals surface area contributed by atoms with Gasteiger partial charge in [-0.25, -0.2) is 4.98 Å². The molecule has 0 aliphatic rings. The highest BCUT2D eigenvalue weighted by atomic mass is 35.5. The number of hydrogen-bond donors (Lipinski definition) is 2. The molecule has 4 aromatic rings. The van der Waals surface area contributed by atoms with Crippen LogP contribution in [0.3, 0.4) is 0 Å². The van der Waals surface area contributed by atoms with Gasteiger partial charge in [0.15, 0.2) is 0 Å². The molecule has 2 aromatic carbocycles. The first-order valence-corrected chi connectivity index (χ1v) is 11.6. The van der Waals surface area contributed by atoms with Gasteiger partial charge in [0.05, 0.1) is 17.6 Å². The number of hydrogen-bond acceptors (Lipinski definition) is 4. The largest absolute Gasteiger partial charge is 0.352 e. The van der Waals surface area contributed by atoms with E-state index in [1.807, 2.05) is 46.3 Å². The Morgan fingerprint density at radius 2 is 1.81 bits per heavy atom. The maximum absolute atomic E-state index is 12.6. The lowest BCUT2D eigenvalue weighted by molar-refractivity contribution is -0.121. The van der Waals surface area contributed by atoms with E-state index in [2.05, 4.69) is 10.6 Å². The number of nitrogens with one attached hydrogen (secondary N) is 2. The summed E-state index contributed by atoms with van der Waals surface area (Å²) in [5.41, 5.74) is 2.36. The highest BCUT2D eigenvalue weighted by molar-refractivity contribution is 7.09. The fourth-order valence-corrected chi connectivity index (χ4v) is 4.21. The molecule has 0 unspecified atom stereocenters. The van der Waals surface area contributed by atoms with Crippen LogP contribution in [0.5, 0.6) is 0 Å². The molecule has 8 heteroatoms. The minimum atomic E-state index is -0.136. The van der Waals surface area contributed by atoms with E-state index in [9.17, 15) is 9.59 Å². The third-order valence-corrected chi connectivity index (χ3v) is 6.17. The van der Waals surface area contributed by atoms with Crippen molar-refractivity contribution in [2.45, 2.75) is 25.9 Å². The second-order valence-corrected chi connectivity index (χ2v) is 8.79. The van der Waals surface area contributed by atoms with Gasteiger partial charge in [-0.05, 0) is 54.3 Å². The number of halogens is 1. The van der Waals surface area contributed by atoms with E-state index in [1.165, 1.54) is 0 Å². The molecule has 0 saturated heterocycles. The molecular weight excluding hydrogens is 444 g/mol. The Labute approximate surface area is 195 Å². The first-order valence-electron chi connectivity index (χ1n) is 10.4. The summed E-state index contributed by atoms with van der Waals surface area (Å²) >= 11 is 7.49. The van der Waals surface area contributed by atoms with Crippen LogP contribution in [-0.4, -0.2) is 27.9 Å². The molecule has 2 N–H and O–H groups in total. The highest BCUT2D eigenvalue weighted by Gasteiger charge is 2.14. The number of aryl methyl sites for hydroxylation is 1. The van der Waals surface area contributed by atoms with Crippen LogP contribution in [-0.2, 0) is 24.3 Å². The minimum Gasteiger partial charge on any atom is -0.352 e. The van der Waals surface area contributed by atoms with E-state index in [-0.39, 0.29) is 18.4 Å². The lowest BCUT2D eigenvalue weighted by atomic mass is 10.2. The highest BCUT2D eigenvalue weighted by Crippen LogP contribution is 2.17. The number of carbonyl (C=O) groups excluding carboxylic acids is 2. The van der Waals surface area contributed by atoms with E-state index in [4.69, 9.17) is 16.6 Å². The van der Waals surface area contributed by atoms with Crippen LogP contribution >= 0.6 is 22.9 Å². The monoisotopic (exact) mass is 466 g/mol. The molecule has 4 rings (SSSR count). The number of imidazole rings is 1. The van der Waals surface area contributed by atoms with Crippen molar-refractivity contribution in [3.8, 4) is 0 Å². The summed E-state index contributed by atoms with van der Waals surface area (Å²) in [5, 5.41) is 8.49. The molecular formula is C24H23ClN4O2S. The number of fused-ring (bicyclic) bond motifs is 1. The third kappa shape index (κ3) is 5.55. The molecule has 0 bridgehead atoms. The van der Waals surface area contributed by atoms with E-state index >= 15 is 0 Å². The number of amides is 2. The van der Waals surface area contributed by atoms with Gasteiger partial charge in [-0.15, -0.1) is 11.3 Å². The molecule has 0 radical (unpaired) electrons. The first kappa shape index (κ1) is 22.0. The van der Waals surface area contributed by atoms with Crippen LogP contribution in [0.25, 0.3) is 11.0 Å². The summed E-state index contributed by atoms with van der Waals surface area (Å²) in [6.45, 7) is 1.24. The lowest BCUT2D eigenvalue weighted by Gasteiger charge is -2.10. The molecule has 0 atom stereocenters. The average Bonchev–Trinajstić information content (AvgIpc) is 3.44. The number of para-hydroxylation sites is 2. The lowest BCUT2D eigenvalue weighted by Crippen LogP contribution is -2.28. The molecule has 0 aliphatic heterocycles. The molecule has 2 heterocycles. The second kappa shape index (κ2) is 10.4. The van der Waals surface area contributed by atoms with Gasteiger partial charge in [0.1, 0.15) is 12.4 Å². The molecule has 6 nitrogen and oxygen atoms in total. The maximum Gasteiger partial charge on any atom is 0.251 e. The van der Waals surface area contributed by atoms with Gasteiger partial charge in [-0.2, -0.15) is 0 Å². The summed E-state index contributed by atoms with van der Waals surface area (Å²) in [6.07, 6.45) is 1.35. The van der Waals surface area contributed by atoms with Crippen molar-refractivity contribution in [2.75, 3.05) is 6.54 Å². The van der Waals surface area contributed by atoms with Crippen LogP contribution in [0.2, 0.25) is 5.02 Å². The average molecular weight is 467 g/mol. The van der Waals surface area contributed by atoms with Crippen molar-refractivity contribution < 1.29 is 9.59 Å². The molecule has 0 aliphatic carbocycles. The van der Waals surface area contributed by atoms with Crippen molar-refractivity contribution in [1.82, 2.24) is 20.2 Å². The summed E-state index contributed by atoms with van der Waals surface area (Å²) < 4.78 is 1.96. The minimum absolute atomic E-state index is 0.0566. The van der Waals surface area contributed by atoms with Gasteiger partial charge in [-0.1, -0.05) is 29.8 Å². The Bertz CT molecular complexity index is 1200. The molecule has 0 fully saturated rings. The Morgan fingerprint density at radius 1 is 1.00 bits per heavy atom. The van der Waals surface area contributed by atoms with Crippen molar-refractivity contribution in [2.24, 2.45) is 0 Å². The summed E-state index contributed by atoms with van der Waals surface area (Å²) in [6, 6.07) is 18.6. The molecule has 0 spiro atoms. The van der Waals surface area contributed by atoms with E-state index < -0.39 is 0 Å². The van der Waals surface area contributed by atoms with Gasteiger partial charge < -0.3 is 15.2 Å². The summed E-state index contributed by atoms with van der Waals surface area (Å²) in [5.74, 6) is 0.639. The van der Waals surface area contributed by atoms with Crippen molar-refractivity contribution in [1.29, 1.82) is 0 Å². The van der Waals surface area contributed by atoms with Crippen molar-refractivity contribution >= 4 is 45.8 Å². The van der Waals surface area contributed by atoms with Gasteiger partial charge in [0, 0.05) is 28.4 Å². The quantitative estimate of drug-likeness (QED) is 0.358. The predicted octanol–water partition coefficient (Wildman–Crippen LogP) is 4.43. The number of thiophene rings is 1. The van der Waals surface area contributed by atoms with Gasteiger partial charge in [0.25, 0.3) is 5.91 Å². The van der Waals surface area contributed by atoms with Crippen LogP contribution in [0.15, 0.2) is 66.0 Å². The molecule has 2 aromatic heterocycles. The standard InChI is InChI=1S/C24H23ClN4O2S/c25-18-11-9-17(10-12-18)24(31)26-13-3-8-22-28-20-6-1-2-7-21(20)29(22)16-23(30)27-15-19-5-4-14-32-19/h1-2,4-7,9-12,14H,3,8,13,15-16H2,(H,26,31)(H,27,30). The molecule has 2 amide bonds. The maximum atomic E-state index is 12.6. The number of aromatic nitrogens is 2. The predicted molar refractivity (Wildman–Crippen MR) is 128 cm³/mol. The third-order valence-electron chi connectivity index (χ3n) is 5.04. The van der Waals surface area contributed by atoms with E-state index in [1.54, 1.807) is 35.6 Å². The zero-order valence-corrected chi connectivity index (χ0v) is 19.0. The Hall–Kier alpha value is -3.16. The Morgan fingerprint density at radius 3 is 2.59 bits per heavy atom. The summed E-state index contributed by atoms with van der Waals surface area (Å²) in [4.78, 5) is 30.7. The second-order valence-electron chi connectivity index (χ2n) is 7.33. The summed E-state index contributed by atoms with van der Waals surface area (Å²) in [7, 11) is 0. The number of benzene rings is 2. The SMILES string of the molecule is O=C(Cn1c(CCCNC(=O)c2ccc(Cl)cc2)nc2ccccc21)NCc1cccs1. The smallest absolute Gasteiger partial charge is 0.251 e. The van der Waals surface area contributed by atoms with Gasteiger partial charge >= 0.3 is 0 Å². The molecule has 32 heavy (non-hydrogen) atoms. The Balaban J connectivity index is 1.36. The van der Waals surface area contributed by atoms with Crippen LogP contribution in [0.1, 0.15) is 27.5 Å². The van der Waals surface area contributed by atoms with E-state index in [0.29, 0.717) is 36.5 Å². The van der Waals surface area contributed by atoms with Crippen molar-refractivity contribution in [3.05, 3.63) is 87.3 Å². The van der Waals surface area contributed by atoms with Crippen molar-refractivity contribution in [3.63, 3.8) is 0 Å². The number of rotatable bonds is 9. The van der Waals surface area contributed by atoms with Crippen LogP contribution < -0.4 is 10.6 Å². The molecule has 0 saturated carbocycles. The molecule has 164 valence electrons. The normalized spacial score (nSPS) is 10.9. The number of carbonyl (C=O) groups is 2. The van der Waals surface area contributed by atoms with Crippen LogP contribution in [0.4, 0.5) is 0 Å². The van der Waals surface area contributed by atoms with Gasteiger partial charge in [-0.3, -0.25) is 9.59 Å². The first-order chi connectivity index (χ1) is 15.6. The topological polar surface area (TPSA) is 76.0 Å². The fourth-order valence-electron chi connectivity index (χ4n) is 3.44. The number of nitrogens with zero attached hydrogens (tertiary/aromatic N) is 2. The van der Waals surface area contributed by atoms with Gasteiger partial charge in [0.2, 0.25) is 5.91 Å². The Kier molecular flexibility index (Phi) is 7.19.